The minimum Gasteiger partial charge on any atom is -0.330 e. The number of nitrogens with two attached hydrogens (primary N) is 1. The molecule has 1 fully saturated rings. The van der Waals surface area contributed by atoms with Crippen molar-refractivity contribution in [1.29, 1.82) is 0 Å². The molecule has 0 bridgehead atoms. The third-order valence-electron chi connectivity index (χ3n) is 2.32. The zero-order chi connectivity index (χ0) is 9.35. The average Bonchev–Trinajstić information content (AvgIpc) is 1.84. The molecule has 0 radical (unpaired) electrons. The molecule has 0 saturated heterocycles. The Morgan fingerprint density at radius 1 is 1.33 bits per heavy atom. The van der Waals surface area contributed by atoms with Crippen LogP contribution in [0.25, 0.3) is 0 Å². The van der Waals surface area contributed by atoms with Crippen molar-refractivity contribution in [2.75, 3.05) is 6.54 Å². The number of halogens is 4. The first-order chi connectivity index (χ1) is 5.46. The summed E-state index contributed by atoms with van der Waals surface area (Å²) >= 11 is 0. The molecule has 0 aliphatic heterocycles. The van der Waals surface area contributed by atoms with Gasteiger partial charge in [-0.15, -0.1) is 0 Å². The van der Waals surface area contributed by atoms with Crippen molar-refractivity contribution in [3.63, 3.8) is 0 Å². The zero-order valence-corrected chi connectivity index (χ0v) is 6.44. The summed E-state index contributed by atoms with van der Waals surface area (Å²) in [7, 11) is 0. The van der Waals surface area contributed by atoms with Crippen molar-refractivity contribution in [3.05, 3.63) is 0 Å². The minimum absolute atomic E-state index is 0.210. The van der Waals surface area contributed by atoms with E-state index in [0.29, 0.717) is 0 Å². The second-order valence-electron chi connectivity index (χ2n) is 3.26. The highest BCUT2D eigenvalue weighted by atomic mass is 19.3. The molecule has 1 unspecified atom stereocenters. The van der Waals surface area contributed by atoms with Crippen LogP contribution in [0, 0.1) is 11.8 Å². The van der Waals surface area contributed by atoms with Crippen LogP contribution in [0.4, 0.5) is 17.6 Å². The molecular formula is C7H11F4N. The van der Waals surface area contributed by atoms with Gasteiger partial charge < -0.3 is 5.73 Å². The lowest BCUT2D eigenvalue weighted by Gasteiger charge is -2.39. The lowest BCUT2D eigenvalue weighted by molar-refractivity contribution is -0.141. The number of hydrogen-bond acceptors (Lipinski definition) is 1. The summed E-state index contributed by atoms with van der Waals surface area (Å²) in [6, 6.07) is 0. The Bertz CT molecular complexity index is 151. The second kappa shape index (κ2) is 3.20. The molecule has 5 heteroatoms. The van der Waals surface area contributed by atoms with E-state index in [1.54, 1.807) is 0 Å². The van der Waals surface area contributed by atoms with Crippen LogP contribution >= 0.6 is 0 Å². The summed E-state index contributed by atoms with van der Waals surface area (Å²) < 4.78 is 48.7. The van der Waals surface area contributed by atoms with Crippen LogP contribution in [0.2, 0.25) is 0 Å². The van der Waals surface area contributed by atoms with E-state index in [2.05, 4.69) is 0 Å². The Kier molecular flexibility index (Phi) is 2.61. The van der Waals surface area contributed by atoms with Crippen molar-refractivity contribution in [3.8, 4) is 0 Å². The molecule has 0 aromatic carbocycles. The van der Waals surface area contributed by atoms with Crippen molar-refractivity contribution in [2.24, 2.45) is 17.6 Å². The highest BCUT2D eigenvalue weighted by molar-refractivity contribution is 4.91. The van der Waals surface area contributed by atoms with Gasteiger partial charge in [-0.25, -0.2) is 17.6 Å². The Hall–Kier alpha value is -0.320. The molecule has 1 aliphatic rings. The van der Waals surface area contributed by atoms with E-state index in [9.17, 15) is 17.6 Å². The van der Waals surface area contributed by atoms with E-state index < -0.39 is 37.0 Å². The molecule has 1 rings (SSSR count). The fourth-order valence-corrected chi connectivity index (χ4v) is 1.51. The van der Waals surface area contributed by atoms with E-state index in [1.807, 2.05) is 0 Å². The van der Waals surface area contributed by atoms with Gasteiger partial charge in [-0.3, -0.25) is 0 Å². The molecule has 0 heterocycles. The highest BCUT2D eigenvalue weighted by Crippen LogP contribution is 2.47. The summed E-state index contributed by atoms with van der Waals surface area (Å²) in [5.41, 5.74) is 5.05. The molecule has 1 atom stereocenters. The van der Waals surface area contributed by atoms with Gasteiger partial charge in [0.05, 0.1) is 0 Å². The third-order valence-corrected chi connectivity index (χ3v) is 2.32. The topological polar surface area (TPSA) is 26.0 Å². The first-order valence-electron chi connectivity index (χ1n) is 3.82. The van der Waals surface area contributed by atoms with Crippen molar-refractivity contribution in [1.82, 2.24) is 0 Å². The van der Waals surface area contributed by atoms with Gasteiger partial charge in [0.1, 0.15) is 0 Å². The lowest BCUT2D eigenvalue weighted by Crippen LogP contribution is -2.44. The van der Waals surface area contributed by atoms with Crippen LogP contribution in [0.3, 0.4) is 0 Å². The number of rotatable bonds is 3. The Morgan fingerprint density at radius 3 is 2.08 bits per heavy atom. The zero-order valence-electron chi connectivity index (χ0n) is 6.44. The molecule has 72 valence electrons. The van der Waals surface area contributed by atoms with Crippen LogP contribution in [0.1, 0.15) is 12.8 Å². The van der Waals surface area contributed by atoms with Gasteiger partial charge in [0.15, 0.2) is 0 Å². The highest BCUT2D eigenvalue weighted by Gasteiger charge is 2.49. The van der Waals surface area contributed by atoms with Crippen LogP contribution in [0.15, 0.2) is 0 Å². The Morgan fingerprint density at radius 2 is 1.83 bits per heavy atom. The van der Waals surface area contributed by atoms with Gasteiger partial charge >= 0.3 is 0 Å². The largest absolute Gasteiger partial charge is 0.330 e. The van der Waals surface area contributed by atoms with Gasteiger partial charge in [0.2, 0.25) is 12.3 Å². The van der Waals surface area contributed by atoms with E-state index >= 15 is 0 Å². The van der Waals surface area contributed by atoms with Crippen LogP contribution in [-0.4, -0.2) is 18.9 Å². The molecular weight excluding hydrogens is 174 g/mol. The molecule has 0 spiro atoms. The predicted octanol–water partition coefficient (Wildman–Crippen LogP) is 1.87. The molecule has 1 aliphatic carbocycles. The third kappa shape index (κ3) is 1.88. The Balaban J connectivity index is 2.39. The lowest BCUT2D eigenvalue weighted by atomic mass is 9.73. The van der Waals surface area contributed by atoms with E-state index in [-0.39, 0.29) is 6.54 Å². The van der Waals surface area contributed by atoms with Crippen molar-refractivity contribution in [2.45, 2.75) is 25.2 Å². The first kappa shape index (κ1) is 9.77. The maximum Gasteiger partial charge on any atom is 0.248 e. The predicted molar refractivity (Wildman–Crippen MR) is 36.2 cm³/mol. The standard InChI is InChI=1S/C7H11F4N/c8-6(9)5(3-12)4-1-7(10,11)2-4/h4-6H,1-3,12H2. The summed E-state index contributed by atoms with van der Waals surface area (Å²) in [4.78, 5) is 0. The summed E-state index contributed by atoms with van der Waals surface area (Å²) in [6.45, 7) is -0.210. The van der Waals surface area contributed by atoms with E-state index in [0.717, 1.165) is 0 Å². The van der Waals surface area contributed by atoms with Gasteiger partial charge in [-0.2, -0.15) is 0 Å². The van der Waals surface area contributed by atoms with Crippen LogP contribution in [0.5, 0.6) is 0 Å². The maximum absolute atomic E-state index is 12.3. The molecule has 0 aromatic rings. The minimum atomic E-state index is -2.73. The molecule has 1 saturated carbocycles. The van der Waals surface area contributed by atoms with E-state index in [4.69, 9.17) is 5.73 Å². The fraction of sp³-hybridized carbons (Fsp3) is 1.00. The van der Waals surface area contributed by atoms with Crippen molar-refractivity contribution >= 4 is 0 Å². The van der Waals surface area contributed by atoms with E-state index in [1.165, 1.54) is 0 Å². The quantitative estimate of drug-likeness (QED) is 0.667. The first-order valence-corrected chi connectivity index (χ1v) is 3.82. The fourth-order valence-electron chi connectivity index (χ4n) is 1.51. The maximum atomic E-state index is 12.3. The number of hydrogen-bond donors (Lipinski definition) is 1. The molecule has 12 heavy (non-hydrogen) atoms. The summed E-state index contributed by atoms with van der Waals surface area (Å²) in [5, 5.41) is 0. The van der Waals surface area contributed by atoms with Gasteiger partial charge in [0, 0.05) is 25.3 Å². The van der Waals surface area contributed by atoms with Gasteiger partial charge in [-0.05, 0) is 5.92 Å². The normalized spacial score (nSPS) is 25.5. The average molecular weight is 185 g/mol. The molecule has 1 nitrogen and oxygen atoms in total. The van der Waals surface area contributed by atoms with Crippen LogP contribution < -0.4 is 5.73 Å². The SMILES string of the molecule is NCC(C(F)F)C1CC(F)(F)C1. The Labute approximate surface area is 67.9 Å². The van der Waals surface area contributed by atoms with Gasteiger partial charge in [-0.1, -0.05) is 0 Å². The number of alkyl halides is 4. The van der Waals surface area contributed by atoms with Crippen LogP contribution in [-0.2, 0) is 0 Å². The summed E-state index contributed by atoms with van der Waals surface area (Å²) in [6.07, 6.45) is -3.44. The molecule has 2 N–H and O–H groups in total. The summed E-state index contributed by atoms with van der Waals surface area (Å²) in [5.74, 6) is -4.37. The van der Waals surface area contributed by atoms with Crippen molar-refractivity contribution < 1.29 is 17.6 Å². The molecule has 0 amide bonds. The molecule has 0 aromatic heterocycles. The van der Waals surface area contributed by atoms with Gasteiger partial charge in [0.25, 0.3) is 0 Å². The second-order valence-corrected chi connectivity index (χ2v) is 3.26. The monoisotopic (exact) mass is 185 g/mol. The smallest absolute Gasteiger partial charge is 0.248 e.